The maximum atomic E-state index is 14.1. The molecule has 41 heavy (non-hydrogen) atoms. The van der Waals surface area contributed by atoms with Gasteiger partial charge in [-0.25, -0.2) is 8.42 Å². The molecular formula is C31H40N4O5S. The van der Waals surface area contributed by atoms with Gasteiger partial charge in [0.2, 0.25) is 15.9 Å². The van der Waals surface area contributed by atoms with Crippen LogP contribution in [0, 0.1) is 0 Å². The van der Waals surface area contributed by atoms with E-state index in [-0.39, 0.29) is 23.3 Å². The van der Waals surface area contributed by atoms with Crippen molar-refractivity contribution >= 4 is 26.7 Å². The van der Waals surface area contributed by atoms with Gasteiger partial charge in [0.05, 0.1) is 31.3 Å². The third kappa shape index (κ3) is 5.62. The fourth-order valence-corrected chi connectivity index (χ4v) is 8.47. The van der Waals surface area contributed by atoms with Crippen LogP contribution >= 0.6 is 0 Å². The monoisotopic (exact) mass is 580 g/mol. The highest BCUT2D eigenvalue weighted by atomic mass is 32.2. The van der Waals surface area contributed by atoms with E-state index in [1.807, 2.05) is 54.5 Å². The molecule has 1 saturated carbocycles. The molecule has 3 aromatic rings. The van der Waals surface area contributed by atoms with E-state index in [1.165, 1.54) is 4.31 Å². The van der Waals surface area contributed by atoms with E-state index in [0.717, 1.165) is 74.2 Å². The van der Waals surface area contributed by atoms with Crippen LogP contribution in [0.25, 0.3) is 10.8 Å². The van der Waals surface area contributed by atoms with Gasteiger partial charge in [0.25, 0.3) is 0 Å². The summed E-state index contributed by atoms with van der Waals surface area (Å²) in [5.41, 5.74) is 0.863. The lowest BCUT2D eigenvalue weighted by molar-refractivity contribution is -0.134. The summed E-state index contributed by atoms with van der Waals surface area (Å²) in [6.07, 6.45) is 6.26. The van der Waals surface area contributed by atoms with E-state index < -0.39 is 16.1 Å². The molecule has 0 radical (unpaired) electrons. The van der Waals surface area contributed by atoms with Crippen LogP contribution in [0.5, 0.6) is 5.75 Å². The quantitative estimate of drug-likeness (QED) is 0.422. The van der Waals surface area contributed by atoms with Gasteiger partial charge in [-0.1, -0.05) is 12.1 Å². The molecule has 0 bridgehead atoms. The van der Waals surface area contributed by atoms with Gasteiger partial charge in [-0.15, -0.1) is 0 Å². The van der Waals surface area contributed by atoms with Crippen LogP contribution in [-0.2, 0) is 26.1 Å². The number of fused-ring (bicyclic) bond motifs is 2. The number of ether oxygens (including phenoxy) is 2. The lowest BCUT2D eigenvalue weighted by Gasteiger charge is -2.42. The van der Waals surface area contributed by atoms with Gasteiger partial charge in [0.15, 0.2) is 0 Å². The van der Waals surface area contributed by atoms with Gasteiger partial charge in [0.1, 0.15) is 5.75 Å². The summed E-state index contributed by atoms with van der Waals surface area (Å²) in [7, 11) is -0.350. The second-order valence-electron chi connectivity index (χ2n) is 11.5. The molecule has 10 heteroatoms. The van der Waals surface area contributed by atoms with E-state index in [0.29, 0.717) is 19.1 Å². The van der Waals surface area contributed by atoms with Crippen LogP contribution in [-0.4, -0.2) is 92.1 Å². The predicted octanol–water partition coefficient (Wildman–Crippen LogP) is 3.89. The van der Waals surface area contributed by atoms with Gasteiger partial charge < -0.3 is 18.9 Å². The number of hydrogen-bond donors (Lipinski definition) is 0. The average molecular weight is 581 g/mol. The van der Waals surface area contributed by atoms with Gasteiger partial charge in [-0.3, -0.25) is 9.69 Å². The van der Waals surface area contributed by atoms with E-state index in [1.54, 1.807) is 19.2 Å². The largest absolute Gasteiger partial charge is 0.497 e. The summed E-state index contributed by atoms with van der Waals surface area (Å²) in [5, 5.41) is 1.73. The number of carbonyl (C=O) groups is 1. The van der Waals surface area contributed by atoms with Crippen LogP contribution in [0.4, 0.5) is 0 Å². The fourth-order valence-electron chi connectivity index (χ4n) is 6.84. The van der Waals surface area contributed by atoms with Crippen molar-refractivity contribution < 1.29 is 22.7 Å². The lowest BCUT2D eigenvalue weighted by Crippen LogP contribution is -2.50. The molecule has 1 aliphatic carbocycles. The third-order valence-corrected chi connectivity index (χ3v) is 11.1. The molecule has 2 fully saturated rings. The van der Waals surface area contributed by atoms with Gasteiger partial charge >= 0.3 is 0 Å². The number of aromatic nitrogens is 1. The summed E-state index contributed by atoms with van der Waals surface area (Å²) in [4.78, 5) is 18.5. The molecule has 2 aromatic carbocycles. The Balaban J connectivity index is 1.23. The minimum absolute atomic E-state index is 0.0110. The van der Waals surface area contributed by atoms with Crippen molar-refractivity contribution in [1.82, 2.24) is 18.7 Å². The molecule has 3 aliphatic rings. The van der Waals surface area contributed by atoms with Crippen molar-refractivity contribution in [2.45, 2.75) is 61.7 Å². The fraction of sp³-hybridized carbons (Fsp3) is 0.516. The summed E-state index contributed by atoms with van der Waals surface area (Å²) < 4.78 is 42.7. The summed E-state index contributed by atoms with van der Waals surface area (Å²) in [6.45, 7) is 4.30. The highest BCUT2D eigenvalue weighted by Crippen LogP contribution is 2.36. The minimum Gasteiger partial charge on any atom is -0.497 e. The van der Waals surface area contributed by atoms with Crippen LogP contribution in [0.2, 0.25) is 0 Å². The minimum atomic E-state index is -3.86. The zero-order valence-corrected chi connectivity index (χ0v) is 24.8. The number of benzene rings is 2. The van der Waals surface area contributed by atoms with Crippen molar-refractivity contribution in [3.8, 4) is 5.75 Å². The van der Waals surface area contributed by atoms with Gasteiger partial charge in [-0.05, 0) is 72.9 Å². The molecule has 2 aliphatic heterocycles. The number of sulfonamides is 1. The second-order valence-corrected chi connectivity index (χ2v) is 13.4. The summed E-state index contributed by atoms with van der Waals surface area (Å²) in [5.74, 6) is 0.713. The second kappa shape index (κ2) is 11.8. The smallest absolute Gasteiger partial charge is 0.243 e. The molecule has 3 unspecified atom stereocenters. The number of amides is 1. The number of methoxy groups -OCH3 is 1. The lowest BCUT2D eigenvalue weighted by atomic mass is 9.88. The maximum absolute atomic E-state index is 14.1. The van der Waals surface area contributed by atoms with Gasteiger partial charge in [0, 0.05) is 63.6 Å². The maximum Gasteiger partial charge on any atom is 0.243 e. The van der Waals surface area contributed by atoms with Crippen LogP contribution in [0.1, 0.15) is 43.8 Å². The van der Waals surface area contributed by atoms with E-state index in [2.05, 4.69) is 9.47 Å². The van der Waals surface area contributed by atoms with E-state index in [9.17, 15) is 13.2 Å². The number of morpholine rings is 1. The Kier molecular flexibility index (Phi) is 8.09. The van der Waals surface area contributed by atoms with Crippen molar-refractivity contribution in [1.29, 1.82) is 0 Å². The molecule has 220 valence electrons. The number of nitrogens with zero attached hydrogens (tertiary/aromatic N) is 4. The molecule has 1 aromatic heterocycles. The zero-order valence-electron chi connectivity index (χ0n) is 23.9. The normalized spacial score (nSPS) is 24.2. The number of rotatable bonds is 7. The first kappa shape index (κ1) is 28.2. The molecule has 9 nitrogen and oxygen atoms in total. The first-order chi connectivity index (χ1) is 19.8. The van der Waals surface area contributed by atoms with Crippen LogP contribution < -0.4 is 4.74 Å². The van der Waals surface area contributed by atoms with E-state index >= 15 is 0 Å². The SMILES string of the molecule is COc1ccc2cc(S(=O)(=O)N3CCn4cccc4C3CC(=O)N(C)C3CCCC(N4CCOCC4)C3)ccc2c1. The Hall–Kier alpha value is -2.92. The molecule has 1 amide bonds. The van der Waals surface area contributed by atoms with Crippen molar-refractivity contribution in [2.24, 2.45) is 0 Å². The Morgan fingerprint density at radius 3 is 2.61 bits per heavy atom. The standard InChI is InChI=1S/C31H40N4O5S/c1-32(25-5-3-6-26(21-25)33-15-17-40-18-16-33)31(36)22-30-29-7-4-12-34(29)13-14-35(30)41(37,38)28-11-9-23-19-27(39-2)10-8-24(23)20-28/h4,7-12,19-20,25-26,30H,3,5-6,13-18,21-22H2,1-2H3. The third-order valence-electron chi connectivity index (χ3n) is 9.23. The Labute approximate surface area is 242 Å². The summed E-state index contributed by atoms with van der Waals surface area (Å²) >= 11 is 0. The highest BCUT2D eigenvalue weighted by molar-refractivity contribution is 7.89. The van der Waals surface area contributed by atoms with Crippen molar-refractivity contribution in [2.75, 3.05) is 47.0 Å². The number of hydrogen-bond acceptors (Lipinski definition) is 6. The molecular weight excluding hydrogens is 540 g/mol. The highest BCUT2D eigenvalue weighted by Gasteiger charge is 2.39. The molecule has 6 rings (SSSR count). The first-order valence-corrected chi connectivity index (χ1v) is 16.1. The van der Waals surface area contributed by atoms with Crippen LogP contribution in [0.15, 0.2) is 59.6 Å². The van der Waals surface area contributed by atoms with Crippen molar-refractivity contribution in [3.63, 3.8) is 0 Å². The number of carbonyl (C=O) groups excluding carboxylic acids is 1. The van der Waals surface area contributed by atoms with Crippen LogP contribution in [0.3, 0.4) is 0 Å². The van der Waals surface area contributed by atoms with E-state index in [4.69, 9.17) is 9.47 Å². The van der Waals surface area contributed by atoms with Gasteiger partial charge in [-0.2, -0.15) is 4.31 Å². The summed E-state index contributed by atoms with van der Waals surface area (Å²) in [6, 6.07) is 14.7. The average Bonchev–Trinajstić information content (AvgIpc) is 3.50. The Morgan fingerprint density at radius 2 is 1.80 bits per heavy atom. The van der Waals surface area contributed by atoms with Crippen molar-refractivity contribution in [3.05, 3.63) is 60.4 Å². The molecule has 0 spiro atoms. The molecule has 0 N–H and O–H groups in total. The molecule has 3 atom stereocenters. The molecule has 3 heterocycles. The predicted molar refractivity (Wildman–Crippen MR) is 157 cm³/mol. The topological polar surface area (TPSA) is 84.3 Å². The molecule has 1 saturated heterocycles. The Morgan fingerprint density at radius 1 is 1.02 bits per heavy atom. The first-order valence-electron chi connectivity index (χ1n) is 14.7. The Bertz CT molecular complexity index is 1500. The zero-order chi connectivity index (χ0) is 28.6.